The highest BCUT2D eigenvalue weighted by atomic mass is 16.5. The number of anilines is 1. The van der Waals surface area contributed by atoms with Crippen molar-refractivity contribution in [3.8, 4) is 34.0 Å². The second-order valence-corrected chi connectivity index (χ2v) is 8.18. The van der Waals surface area contributed by atoms with Gasteiger partial charge in [0.25, 0.3) is 5.91 Å². The monoisotopic (exact) mass is 467 g/mol. The number of amides is 1. The van der Waals surface area contributed by atoms with Crippen molar-refractivity contribution < 1.29 is 14.3 Å². The van der Waals surface area contributed by atoms with Gasteiger partial charge in [0.2, 0.25) is 0 Å². The summed E-state index contributed by atoms with van der Waals surface area (Å²) in [6, 6.07) is 19.0. The first-order valence-electron chi connectivity index (χ1n) is 11.1. The average Bonchev–Trinajstić information content (AvgIpc) is 3.48. The molecule has 0 fully saturated rings. The van der Waals surface area contributed by atoms with Gasteiger partial charge in [-0.1, -0.05) is 18.2 Å². The van der Waals surface area contributed by atoms with E-state index in [1.165, 1.54) is 0 Å². The number of nitrogens with one attached hydrogen (secondary N) is 1. The molecule has 176 valence electrons. The van der Waals surface area contributed by atoms with Crippen LogP contribution in [0.4, 0.5) is 5.69 Å². The van der Waals surface area contributed by atoms with Gasteiger partial charge in [0.1, 0.15) is 22.8 Å². The van der Waals surface area contributed by atoms with Gasteiger partial charge in [-0.15, -0.1) is 0 Å². The fraction of sp³-hybridized carbons (Fsp3) is 0.148. The van der Waals surface area contributed by atoms with Crippen LogP contribution in [0.3, 0.4) is 0 Å². The molecule has 8 heteroatoms. The third kappa shape index (κ3) is 4.21. The van der Waals surface area contributed by atoms with Crippen LogP contribution >= 0.6 is 0 Å². The van der Waals surface area contributed by atoms with E-state index in [2.05, 4.69) is 15.4 Å². The maximum absolute atomic E-state index is 13.3. The van der Waals surface area contributed by atoms with Crippen molar-refractivity contribution in [1.29, 1.82) is 0 Å². The summed E-state index contributed by atoms with van der Waals surface area (Å²) in [5.41, 5.74) is 6.05. The zero-order valence-corrected chi connectivity index (χ0v) is 19.9. The number of aryl methyl sites for hydroxylation is 2. The molecule has 0 atom stereocenters. The molecule has 5 rings (SSSR count). The summed E-state index contributed by atoms with van der Waals surface area (Å²) in [7, 11) is 4.94. The van der Waals surface area contributed by atoms with Gasteiger partial charge in [0, 0.05) is 36.3 Å². The number of carbonyl (C=O) groups is 1. The van der Waals surface area contributed by atoms with Gasteiger partial charge in [-0.3, -0.25) is 9.48 Å². The van der Waals surface area contributed by atoms with Crippen LogP contribution in [0.1, 0.15) is 16.1 Å². The number of imidazole rings is 1. The summed E-state index contributed by atoms with van der Waals surface area (Å²) in [5, 5.41) is 7.58. The molecule has 0 aliphatic rings. The fourth-order valence-electron chi connectivity index (χ4n) is 4.00. The number of hydrogen-bond donors (Lipinski definition) is 1. The third-order valence-electron chi connectivity index (χ3n) is 5.94. The Balaban J connectivity index is 1.45. The minimum absolute atomic E-state index is 0.261. The number of hydrogen-bond acceptors (Lipinski definition) is 5. The Morgan fingerprint density at radius 1 is 0.971 bits per heavy atom. The molecule has 1 N–H and O–H groups in total. The van der Waals surface area contributed by atoms with E-state index in [1.807, 2.05) is 78.3 Å². The third-order valence-corrected chi connectivity index (χ3v) is 5.94. The Morgan fingerprint density at radius 3 is 2.60 bits per heavy atom. The molecule has 3 aromatic heterocycles. The normalized spacial score (nSPS) is 11.0. The molecule has 0 aliphatic carbocycles. The second kappa shape index (κ2) is 8.98. The molecule has 0 spiro atoms. The van der Waals surface area contributed by atoms with E-state index in [1.54, 1.807) is 32.0 Å². The number of aromatic nitrogens is 4. The molecule has 0 radical (unpaired) electrons. The van der Waals surface area contributed by atoms with E-state index < -0.39 is 0 Å². The van der Waals surface area contributed by atoms with E-state index in [0.717, 1.165) is 28.0 Å². The fourth-order valence-corrected chi connectivity index (χ4v) is 4.00. The maximum atomic E-state index is 13.3. The van der Waals surface area contributed by atoms with Crippen molar-refractivity contribution in [3.05, 3.63) is 84.3 Å². The molecule has 35 heavy (non-hydrogen) atoms. The lowest BCUT2D eigenvalue weighted by molar-refractivity contribution is 0.101. The largest absolute Gasteiger partial charge is 0.497 e. The van der Waals surface area contributed by atoms with E-state index in [-0.39, 0.29) is 5.91 Å². The first kappa shape index (κ1) is 22.2. The van der Waals surface area contributed by atoms with Crippen molar-refractivity contribution in [3.63, 3.8) is 0 Å². The number of nitrogens with zero attached hydrogens (tertiary/aromatic N) is 4. The van der Waals surface area contributed by atoms with Crippen LogP contribution in [0, 0.1) is 6.92 Å². The van der Waals surface area contributed by atoms with Crippen LogP contribution in [-0.4, -0.2) is 39.3 Å². The SMILES string of the molecule is COc1ccc(OC)c(-c2cc(C(=O)Nc3cc(-c4cn5ccccc5n4)ccc3C)n(C)n2)c1. The Bertz CT molecular complexity index is 1520. The van der Waals surface area contributed by atoms with Crippen molar-refractivity contribution in [1.82, 2.24) is 19.2 Å². The van der Waals surface area contributed by atoms with Crippen LogP contribution in [0.2, 0.25) is 0 Å². The van der Waals surface area contributed by atoms with E-state index in [4.69, 9.17) is 9.47 Å². The lowest BCUT2D eigenvalue weighted by Crippen LogP contribution is -2.16. The Labute approximate surface area is 202 Å². The van der Waals surface area contributed by atoms with Gasteiger partial charge >= 0.3 is 0 Å². The van der Waals surface area contributed by atoms with Crippen LogP contribution in [0.5, 0.6) is 11.5 Å². The van der Waals surface area contributed by atoms with Crippen LogP contribution in [0.25, 0.3) is 28.2 Å². The van der Waals surface area contributed by atoms with Crippen LogP contribution < -0.4 is 14.8 Å². The first-order chi connectivity index (χ1) is 17.0. The number of pyridine rings is 1. The van der Waals surface area contributed by atoms with Gasteiger partial charge in [-0.05, 0) is 55.0 Å². The van der Waals surface area contributed by atoms with Gasteiger partial charge in [-0.25, -0.2) is 4.98 Å². The molecule has 0 unspecified atom stereocenters. The quantitative estimate of drug-likeness (QED) is 0.381. The maximum Gasteiger partial charge on any atom is 0.273 e. The molecule has 3 heterocycles. The highest BCUT2D eigenvalue weighted by Crippen LogP contribution is 2.33. The Hall–Kier alpha value is -4.59. The smallest absolute Gasteiger partial charge is 0.273 e. The van der Waals surface area contributed by atoms with Gasteiger partial charge in [0.15, 0.2) is 0 Å². The summed E-state index contributed by atoms with van der Waals surface area (Å²) >= 11 is 0. The summed E-state index contributed by atoms with van der Waals surface area (Å²) in [5.74, 6) is 1.06. The minimum Gasteiger partial charge on any atom is -0.497 e. The van der Waals surface area contributed by atoms with Crippen molar-refractivity contribution >= 4 is 17.2 Å². The number of rotatable bonds is 6. The zero-order chi connectivity index (χ0) is 24.5. The molecule has 5 aromatic rings. The molecule has 0 saturated carbocycles. The highest BCUT2D eigenvalue weighted by molar-refractivity contribution is 6.04. The van der Waals surface area contributed by atoms with Gasteiger partial charge in [0.05, 0.1) is 25.6 Å². The number of ether oxygens (including phenoxy) is 2. The molecule has 0 saturated heterocycles. The molecular weight excluding hydrogens is 442 g/mol. The van der Waals surface area contributed by atoms with Gasteiger partial charge < -0.3 is 19.2 Å². The predicted octanol–water partition coefficient (Wildman–Crippen LogP) is 4.98. The molecule has 8 nitrogen and oxygen atoms in total. The molecule has 2 aromatic carbocycles. The van der Waals surface area contributed by atoms with E-state index in [9.17, 15) is 4.79 Å². The van der Waals surface area contributed by atoms with E-state index in [0.29, 0.717) is 28.6 Å². The standard InChI is InChI=1S/C27H25N5O3/c1-17-8-9-18(23-16-32-12-6-5-7-26(32)28-23)13-21(17)29-27(33)24-15-22(30-31(24)2)20-14-19(34-3)10-11-25(20)35-4/h5-16H,1-4H3,(H,29,33). The van der Waals surface area contributed by atoms with Crippen LogP contribution in [0.15, 0.2) is 73.1 Å². The molecule has 0 bridgehead atoms. The summed E-state index contributed by atoms with van der Waals surface area (Å²) in [4.78, 5) is 17.9. The number of carbonyl (C=O) groups excluding carboxylic acids is 1. The summed E-state index contributed by atoms with van der Waals surface area (Å²) in [6.45, 7) is 1.96. The molecular formula is C27H25N5O3. The number of methoxy groups -OCH3 is 2. The average molecular weight is 468 g/mol. The second-order valence-electron chi connectivity index (χ2n) is 8.18. The van der Waals surface area contributed by atoms with Crippen LogP contribution in [-0.2, 0) is 7.05 Å². The summed E-state index contributed by atoms with van der Waals surface area (Å²) in [6.07, 6.45) is 3.93. The zero-order valence-electron chi connectivity index (χ0n) is 19.9. The van der Waals surface area contributed by atoms with Crippen molar-refractivity contribution in [2.24, 2.45) is 7.05 Å². The van der Waals surface area contributed by atoms with Gasteiger partial charge in [-0.2, -0.15) is 5.10 Å². The highest BCUT2D eigenvalue weighted by Gasteiger charge is 2.18. The Kier molecular flexibility index (Phi) is 5.70. The number of fused-ring (bicyclic) bond motifs is 1. The van der Waals surface area contributed by atoms with Crippen molar-refractivity contribution in [2.75, 3.05) is 19.5 Å². The van der Waals surface area contributed by atoms with Crippen molar-refractivity contribution in [2.45, 2.75) is 6.92 Å². The lowest BCUT2D eigenvalue weighted by Gasteiger charge is -2.10. The topological polar surface area (TPSA) is 82.7 Å². The predicted molar refractivity (Wildman–Crippen MR) is 135 cm³/mol. The Morgan fingerprint density at radius 2 is 1.83 bits per heavy atom. The van der Waals surface area contributed by atoms with E-state index >= 15 is 0 Å². The number of benzene rings is 2. The molecule has 1 amide bonds. The molecule has 0 aliphatic heterocycles. The minimum atomic E-state index is -0.261. The summed E-state index contributed by atoms with van der Waals surface area (Å²) < 4.78 is 14.4. The lowest BCUT2D eigenvalue weighted by atomic mass is 10.1. The first-order valence-corrected chi connectivity index (χ1v) is 11.1.